The second kappa shape index (κ2) is 6.85. The van der Waals surface area contributed by atoms with Crippen LogP contribution in [0.5, 0.6) is 0 Å². The number of ether oxygens (including phenoxy) is 1. The van der Waals surface area contributed by atoms with Crippen LogP contribution in [0.2, 0.25) is 0 Å². The fourth-order valence-corrected chi connectivity index (χ4v) is 2.76. The predicted molar refractivity (Wildman–Crippen MR) is 76.2 cm³/mol. The summed E-state index contributed by atoms with van der Waals surface area (Å²) in [6.07, 6.45) is 3.79. The third kappa shape index (κ3) is 3.58. The second-order valence-electron chi connectivity index (χ2n) is 5.36. The SMILES string of the molecule is COCC(=O)N1CCC(NC(C)c2ccnn2C)CC1. The molecule has 0 spiro atoms. The average Bonchev–Trinajstić information content (AvgIpc) is 2.86. The number of likely N-dealkylation sites (tertiary alicyclic amines) is 1. The highest BCUT2D eigenvalue weighted by Gasteiger charge is 2.24. The summed E-state index contributed by atoms with van der Waals surface area (Å²) in [6.45, 7) is 3.94. The van der Waals surface area contributed by atoms with Crippen molar-refractivity contribution in [1.82, 2.24) is 20.0 Å². The molecule has 0 bridgehead atoms. The third-order valence-electron chi connectivity index (χ3n) is 3.90. The van der Waals surface area contributed by atoms with Crippen molar-refractivity contribution in [3.8, 4) is 0 Å². The molecule has 1 aliphatic rings. The molecule has 1 aromatic rings. The largest absolute Gasteiger partial charge is 0.375 e. The van der Waals surface area contributed by atoms with Gasteiger partial charge >= 0.3 is 0 Å². The van der Waals surface area contributed by atoms with E-state index in [4.69, 9.17) is 4.74 Å². The van der Waals surface area contributed by atoms with E-state index < -0.39 is 0 Å². The predicted octanol–water partition coefficient (Wildman–Crippen LogP) is 0.708. The Hall–Kier alpha value is -1.40. The van der Waals surface area contributed by atoms with Gasteiger partial charge in [-0.05, 0) is 25.8 Å². The van der Waals surface area contributed by atoms with Crippen molar-refractivity contribution in [3.63, 3.8) is 0 Å². The van der Waals surface area contributed by atoms with E-state index in [2.05, 4.69) is 17.3 Å². The molecule has 1 amide bonds. The standard InChI is InChI=1S/C14H24N4O2/c1-11(13-4-7-15-17(13)2)16-12-5-8-18(9-6-12)14(19)10-20-3/h4,7,11-12,16H,5-6,8-10H2,1-3H3. The number of nitrogens with one attached hydrogen (secondary N) is 1. The quantitative estimate of drug-likeness (QED) is 0.863. The maximum Gasteiger partial charge on any atom is 0.248 e. The summed E-state index contributed by atoms with van der Waals surface area (Å²) in [5, 5.41) is 7.82. The Balaban J connectivity index is 1.80. The lowest BCUT2D eigenvalue weighted by molar-refractivity contribution is -0.136. The molecule has 6 nitrogen and oxygen atoms in total. The molecule has 1 saturated heterocycles. The molecule has 0 aliphatic carbocycles. The van der Waals surface area contributed by atoms with Gasteiger partial charge in [-0.3, -0.25) is 9.48 Å². The van der Waals surface area contributed by atoms with E-state index in [1.165, 1.54) is 5.69 Å². The van der Waals surface area contributed by atoms with Crippen LogP contribution in [0, 0.1) is 0 Å². The zero-order chi connectivity index (χ0) is 14.5. The van der Waals surface area contributed by atoms with Crippen molar-refractivity contribution in [2.24, 2.45) is 7.05 Å². The van der Waals surface area contributed by atoms with E-state index in [-0.39, 0.29) is 18.6 Å². The van der Waals surface area contributed by atoms with Crippen molar-refractivity contribution >= 4 is 5.91 Å². The first-order chi connectivity index (χ1) is 9.61. The number of hydrogen-bond acceptors (Lipinski definition) is 4. The monoisotopic (exact) mass is 280 g/mol. The molecule has 0 radical (unpaired) electrons. The van der Waals surface area contributed by atoms with Crippen LogP contribution in [0.4, 0.5) is 0 Å². The molecule has 1 atom stereocenters. The van der Waals surface area contributed by atoms with Crippen LogP contribution in [0.1, 0.15) is 31.5 Å². The Morgan fingerprint density at radius 3 is 2.80 bits per heavy atom. The van der Waals surface area contributed by atoms with Gasteiger partial charge in [0.05, 0.1) is 5.69 Å². The van der Waals surface area contributed by atoms with E-state index in [9.17, 15) is 4.79 Å². The molecule has 112 valence electrons. The topological polar surface area (TPSA) is 59.4 Å². The summed E-state index contributed by atoms with van der Waals surface area (Å²) in [5.74, 6) is 0.0885. The van der Waals surface area contributed by atoms with E-state index in [1.54, 1.807) is 7.11 Å². The fourth-order valence-electron chi connectivity index (χ4n) is 2.76. The number of piperidine rings is 1. The third-order valence-corrected chi connectivity index (χ3v) is 3.90. The van der Waals surface area contributed by atoms with Crippen LogP contribution >= 0.6 is 0 Å². The Bertz CT molecular complexity index is 438. The summed E-state index contributed by atoms with van der Waals surface area (Å²) in [4.78, 5) is 13.6. The minimum absolute atomic E-state index is 0.0885. The smallest absolute Gasteiger partial charge is 0.248 e. The number of aryl methyl sites for hydroxylation is 1. The second-order valence-corrected chi connectivity index (χ2v) is 5.36. The Morgan fingerprint density at radius 2 is 2.25 bits per heavy atom. The zero-order valence-corrected chi connectivity index (χ0v) is 12.5. The van der Waals surface area contributed by atoms with Crippen molar-refractivity contribution in [2.45, 2.75) is 31.8 Å². The molecule has 1 unspecified atom stereocenters. The number of methoxy groups -OCH3 is 1. The highest BCUT2D eigenvalue weighted by Crippen LogP contribution is 2.16. The number of hydrogen-bond donors (Lipinski definition) is 1. The molecular weight excluding hydrogens is 256 g/mol. The molecule has 0 saturated carbocycles. The molecule has 1 aliphatic heterocycles. The van der Waals surface area contributed by atoms with Crippen molar-refractivity contribution in [3.05, 3.63) is 18.0 Å². The van der Waals surface area contributed by atoms with Gasteiger partial charge in [-0.1, -0.05) is 0 Å². The molecule has 2 rings (SSSR count). The zero-order valence-electron chi connectivity index (χ0n) is 12.5. The number of aromatic nitrogens is 2. The Morgan fingerprint density at radius 1 is 1.55 bits per heavy atom. The summed E-state index contributed by atoms with van der Waals surface area (Å²) in [7, 11) is 3.52. The van der Waals surface area contributed by atoms with Crippen LogP contribution in [-0.4, -0.2) is 53.4 Å². The van der Waals surface area contributed by atoms with Crippen LogP contribution in [0.15, 0.2) is 12.3 Å². The molecule has 20 heavy (non-hydrogen) atoms. The average molecular weight is 280 g/mol. The van der Waals surface area contributed by atoms with Gasteiger partial charge in [0.2, 0.25) is 5.91 Å². The number of rotatable bonds is 5. The maximum atomic E-state index is 11.7. The van der Waals surface area contributed by atoms with Gasteiger partial charge in [-0.25, -0.2) is 0 Å². The molecule has 0 aromatic carbocycles. The first kappa shape index (κ1) is 15.0. The highest BCUT2D eigenvalue weighted by atomic mass is 16.5. The van der Waals surface area contributed by atoms with Crippen molar-refractivity contribution in [1.29, 1.82) is 0 Å². The summed E-state index contributed by atoms with van der Waals surface area (Å²) in [5.41, 5.74) is 1.18. The number of nitrogens with zero attached hydrogens (tertiary/aromatic N) is 3. The number of carbonyl (C=O) groups excluding carboxylic acids is 1. The van der Waals surface area contributed by atoms with E-state index in [0.717, 1.165) is 25.9 Å². The lowest BCUT2D eigenvalue weighted by Crippen LogP contribution is -2.46. The maximum absolute atomic E-state index is 11.7. The summed E-state index contributed by atoms with van der Waals surface area (Å²) in [6, 6.07) is 2.76. The van der Waals surface area contributed by atoms with E-state index in [1.807, 2.05) is 28.9 Å². The Labute approximate surface area is 120 Å². The van der Waals surface area contributed by atoms with Gasteiger partial charge in [0.25, 0.3) is 0 Å². The van der Waals surface area contributed by atoms with Gasteiger partial charge in [-0.15, -0.1) is 0 Å². The van der Waals surface area contributed by atoms with Crippen molar-refractivity contribution in [2.75, 3.05) is 26.8 Å². The lowest BCUT2D eigenvalue weighted by atomic mass is 10.0. The molecule has 1 aromatic heterocycles. The lowest BCUT2D eigenvalue weighted by Gasteiger charge is -2.33. The van der Waals surface area contributed by atoms with Crippen LogP contribution in [0.25, 0.3) is 0 Å². The minimum atomic E-state index is 0.0885. The van der Waals surface area contributed by atoms with Gasteiger partial charge < -0.3 is 15.0 Å². The first-order valence-electron chi connectivity index (χ1n) is 7.12. The molecule has 1 N–H and O–H groups in total. The number of carbonyl (C=O) groups is 1. The molecular formula is C14H24N4O2. The first-order valence-corrected chi connectivity index (χ1v) is 7.12. The summed E-state index contributed by atoms with van der Waals surface area (Å²) >= 11 is 0. The van der Waals surface area contributed by atoms with Crippen LogP contribution in [-0.2, 0) is 16.6 Å². The van der Waals surface area contributed by atoms with Gasteiger partial charge in [0.15, 0.2) is 0 Å². The Kier molecular flexibility index (Phi) is 5.14. The molecule has 2 heterocycles. The minimum Gasteiger partial charge on any atom is -0.375 e. The van der Waals surface area contributed by atoms with Crippen LogP contribution in [0.3, 0.4) is 0 Å². The highest BCUT2D eigenvalue weighted by molar-refractivity contribution is 5.77. The van der Waals surface area contributed by atoms with E-state index in [0.29, 0.717) is 6.04 Å². The van der Waals surface area contributed by atoms with Gasteiger partial charge in [0, 0.05) is 45.5 Å². The number of amides is 1. The van der Waals surface area contributed by atoms with Gasteiger partial charge in [0.1, 0.15) is 6.61 Å². The molecule has 6 heteroatoms. The van der Waals surface area contributed by atoms with E-state index >= 15 is 0 Å². The molecule has 1 fully saturated rings. The van der Waals surface area contributed by atoms with Crippen LogP contribution < -0.4 is 5.32 Å². The summed E-state index contributed by atoms with van der Waals surface area (Å²) < 4.78 is 6.79. The normalized spacial score (nSPS) is 18.2. The van der Waals surface area contributed by atoms with Gasteiger partial charge in [-0.2, -0.15) is 5.10 Å². The van der Waals surface area contributed by atoms with Crippen molar-refractivity contribution < 1.29 is 9.53 Å². The fraction of sp³-hybridized carbons (Fsp3) is 0.714.